The summed E-state index contributed by atoms with van der Waals surface area (Å²) in [6.45, 7) is 8.78. The quantitative estimate of drug-likeness (QED) is 0.681. The van der Waals surface area contributed by atoms with E-state index in [1.165, 1.54) is 0 Å². The molecule has 2 N–H and O–H groups in total. The van der Waals surface area contributed by atoms with E-state index in [2.05, 4.69) is 10.6 Å². The topological polar surface area (TPSA) is 50.4 Å². The van der Waals surface area contributed by atoms with E-state index >= 15 is 0 Å². The molecule has 0 aromatic carbocycles. The van der Waals surface area contributed by atoms with Gasteiger partial charge in [0.25, 0.3) is 0 Å². The highest BCUT2D eigenvalue weighted by Gasteiger charge is 2.28. The number of nitrogens with one attached hydrogen (secondary N) is 2. The Morgan fingerprint density at radius 2 is 2.36 bits per heavy atom. The van der Waals surface area contributed by atoms with Gasteiger partial charge in [-0.3, -0.25) is 4.79 Å². The monoisotopic (exact) mass is 200 g/mol. The zero-order chi connectivity index (χ0) is 10.6. The SMILES string of the molecule is CC(C)C(=O)NCC1(C)CNCCO1. The second-order valence-electron chi connectivity index (χ2n) is 4.35. The molecule has 0 radical (unpaired) electrons. The number of hydrogen-bond acceptors (Lipinski definition) is 3. The van der Waals surface area contributed by atoms with Gasteiger partial charge in [-0.2, -0.15) is 0 Å². The molecule has 14 heavy (non-hydrogen) atoms. The van der Waals surface area contributed by atoms with Gasteiger partial charge < -0.3 is 15.4 Å². The van der Waals surface area contributed by atoms with Gasteiger partial charge in [0.2, 0.25) is 5.91 Å². The molecular formula is C10H20N2O2. The van der Waals surface area contributed by atoms with E-state index in [0.717, 1.165) is 13.1 Å². The van der Waals surface area contributed by atoms with Crippen molar-refractivity contribution in [3.63, 3.8) is 0 Å². The van der Waals surface area contributed by atoms with Crippen LogP contribution in [0.25, 0.3) is 0 Å². The summed E-state index contributed by atoms with van der Waals surface area (Å²) in [5.74, 6) is 0.121. The highest BCUT2D eigenvalue weighted by atomic mass is 16.5. The highest BCUT2D eigenvalue weighted by Crippen LogP contribution is 2.10. The van der Waals surface area contributed by atoms with E-state index in [1.807, 2.05) is 20.8 Å². The summed E-state index contributed by atoms with van der Waals surface area (Å²) in [7, 11) is 0. The summed E-state index contributed by atoms with van der Waals surface area (Å²) in [5.41, 5.74) is -0.247. The van der Waals surface area contributed by atoms with Gasteiger partial charge >= 0.3 is 0 Å². The molecule has 1 unspecified atom stereocenters. The Morgan fingerprint density at radius 3 is 2.86 bits per heavy atom. The van der Waals surface area contributed by atoms with Crippen LogP contribution in [0.3, 0.4) is 0 Å². The first-order valence-electron chi connectivity index (χ1n) is 5.16. The second kappa shape index (κ2) is 4.75. The van der Waals surface area contributed by atoms with Gasteiger partial charge in [-0.05, 0) is 6.92 Å². The van der Waals surface area contributed by atoms with Crippen molar-refractivity contribution >= 4 is 5.91 Å². The molecule has 1 rings (SSSR count). The van der Waals surface area contributed by atoms with E-state index in [4.69, 9.17) is 4.74 Å². The third-order valence-electron chi connectivity index (χ3n) is 2.39. The van der Waals surface area contributed by atoms with Gasteiger partial charge in [0.1, 0.15) is 0 Å². The molecular weight excluding hydrogens is 180 g/mol. The Balaban J connectivity index is 2.32. The lowest BCUT2D eigenvalue weighted by atomic mass is 10.1. The largest absolute Gasteiger partial charge is 0.371 e. The molecule has 0 bridgehead atoms. The average molecular weight is 200 g/mol. The van der Waals surface area contributed by atoms with Crippen LogP contribution in [0.4, 0.5) is 0 Å². The van der Waals surface area contributed by atoms with Gasteiger partial charge in [0.15, 0.2) is 0 Å². The number of rotatable bonds is 3. The second-order valence-corrected chi connectivity index (χ2v) is 4.35. The van der Waals surface area contributed by atoms with E-state index in [-0.39, 0.29) is 17.4 Å². The first kappa shape index (κ1) is 11.5. The Hall–Kier alpha value is -0.610. The molecule has 1 amide bonds. The van der Waals surface area contributed by atoms with Crippen LogP contribution in [0, 0.1) is 5.92 Å². The smallest absolute Gasteiger partial charge is 0.222 e. The van der Waals surface area contributed by atoms with Gasteiger partial charge in [-0.25, -0.2) is 0 Å². The van der Waals surface area contributed by atoms with Crippen molar-refractivity contribution in [1.82, 2.24) is 10.6 Å². The summed E-state index contributed by atoms with van der Waals surface area (Å²) < 4.78 is 5.62. The lowest BCUT2D eigenvalue weighted by molar-refractivity contribution is -0.126. The minimum atomic E-state index is -0.247. The normalized spacial score (nSPS) is 27.7. The lowest BCUT2D eigenvalue weighted by Gasteiger charge is -2.34. The summed E-state index contributed by atoms with van der Waals surface area (Å²) in [5, 5.41) is 6.14. The molecule has 1 heterocycles. The molecule has 1 aliphatic heterocycles. The van der Waals surface area contributed by atoms with Crippen molar-refractivity contribution < 1.29 is 9.53 Å². The number of amides is 1. The van der Waals surface area contributed by atoms with Crippen LogP contribution < -0.4 is 10.6 Å². The number of hydrogen-bond donors (Lipinski definition) is 2. The van der Waals surface area contributed by atoms with Crippen molar-refractivity contribution in [2.75, 3.05) is 26.2 Å². The maximum absolute atomic E-state index is 11.3. The van der Waals surface area contributed by atoms with Crippen molar-refractivity contribution in [1.29, 1.82) is 0 Å². The van der Waals surface area contributed by atoms with Gasteiger partial charge in [0.05, 0.1) is 12.2 Å². The molecule has 1 fully saturated rings. The molecule has 4 heteroatoms. The van der Waals surface area contributed by atoms with Crippen molar-refractivity contribution in [2.45, 2.75) is 26.4 Å². The molecule has 0 spiro atoms. The number of carbonyl (C=O) groups excluding carboxylic acids is 1. The Kier molecular flexibility index (Phi) is 3.89. The van der Waals surface area contributed by atoms with Gasteiger partial charge in [-0.1, -0.05) is 13.8 Å². The minimum Gasteiger partial charge on any atom is -0.371 e. The van der Waals surface area contributed by atoms with Crippen LogP contribution in [0.15, 0.2) is 0 Å². The molecule has 1 atom stereocenters. The van der Waals surface area contributed by atoms with Crippen molar-refractivity contribution in [2.24, 2.45) is 5.92 Å². The fourth-order valence-electron chi connectivity index (χ4n) is 1.37. The lowest BCUT2D eigenvalue weighted by Crippen LogP contribution is -2.54. The fraction of sp³-hybridized carbons (Fsp3) is 0.900. The predicted molar refractivity (Wildman–Crippen MR) is 55.1 cm³/mol. The number of ether oxygens (including phenoxy) is 1. The molecule has 82 valence electrons. The maximum Gasteiger partial charge on any atom is 0.222 e. The summed E-state index contributed by atoms with van der Waals surface area (Å²) in [6, 6.07) is 0. The van der Waals surface area contributed by atoms with Crippen LogP contribution in [-0.2, 0) is 9.53 Å². The third kappa shape index (κ3) is 3.27. The van der Waals surface area contributed by atoms with Crippen LogP contribution in [0.2, 0.25) is 0 Å². The Labute approximate surface area is 85.4 Å². The standard InChI is InChI=1S/C10H20N2O2/c1-8(2)9(13)12-7-10(3)6-11-4-5-14-10/h8,11H,4-7H2,1-3H3,(H,12,13). The van der Waals surface area contributed by atoms with E-state index < -0.39 is 0 Å². The molecule has 4 nitrogen and oxygen atoms in total. The van der Waals surface area contributed by atoms with Crippen LogP contribution in [0.1, 0.15) is 20.8 Å². The molecule has 1 aliphatic rings. The van der Waals surface area contributed by atoms with E-state index in [1.54, 1.807) is 0 Å². The van der Waals surface area contributed by atoms with Crippen molar-refractivity contribution in [3.05, 3.63) is 0 Å². The van der Waals surface area contributed by atoms with Crippen LogP contribution in [-0.4, -0.2) is 37.7 Å². The van der Waals surface area contributed by atoms with E-state index in [9.17, 15) is 4.79 Å². The van der Waals surface area contributed by atoms with Crippen LogP contribution >= 0.6 is 0 Å². The number of morpholine rings is 1. The maximum atomic E-state index is 11.3. The molecule has 0 saturated carbocycles. The Bertz CT molecular complexity index is 198. The highest BCUT2D eigenvalue weighted by molar-refractivity contribution is 5.77. The first-order chi connectivity index (χ1) is 6.53. The predicted octanol–water partition coefficient (Wildman–Crippen LogP) is 0.137. The van der Waals surface area contributed by atoms with Crippen molar-refractivity contribution in [3.8, 4) is 0 Å². The minimum absolute atomic E-state index is 0.0372. The van der Waals surface area contributed by atoms with Crippen LogP contribution in [0.5, 0.6) is 0 Å². The Morgan fingerprint density at radius 1 is 1.64 bits per heavy atom. The molecule has 0 aromatic rings. The zero-order valence-corrected chi connectivity index (χ0v) is 9.22. The zero-order valence-electron chi connectivity index (χ0n) is 9.22. The molecule has 0 aliphatic carbocycles. The summed E-state index contributed by atoms with van der Waals surface area (Å²) in [6.07, 6.45) is 0. The average Bonchev–Trinajstić information content (AvgIpc) is 2.15. The summed E-state index contributed by atoms with van der Waals surface area (Å²) in [4.78, 5) is 11.3. The molecule has 1 saturated heterocycles. The summed E-state index contributed by atoms with van der Waals surface area (Å²) >= 11 is 0. The van der Waals surface area contributed by atoms with Gasteiger partial charge in [-0.15, -0.1) is 0 Å². The van der Waals surface area contributed by atoms with Gasteiger partial charge in [0, 0.05) is 25.6 Å². The number of carbonyl (C=O) groups is 1. The fourth-order valence-corrected chi connectivity index (χ4v) is 1.37. The first-order valence-corrected chi connectivity index (χ1v) is 5.16. The third-order valence-corrected chi connectivity index (χ3v) is 2.39. The van der Waals surface area contributed by atoms with E-state index in [0.29, 0.717) is 13.2 Å². The molecule has 0 aromatic heterocycles.